The molecule has 0 amide bonds. The highest BCUT2D eigenvalue weighted by Crippen LogP contribution is 2.59. The van der Waals surface area contributed by atoms with Gasteiger partial charge in [0.05, 0.1) is 11.4 Å². The Labute approximate surface area is 237 Å². The highest BCUT2D eigenvalue weighted by atomic mass is 16.5. The molecule has 0 unspecified atom stereocenters. The van der Waals surface area contributed by atoms with Crippen molar-refractivity contribution < 1.29 is 9.47 Å². The third-order valence-corrected chi connectivity index (χ3v) is 8.32. The molecule has 4 heteroatoms. The van der Waals surface area contributed by atoms with Crippen molar-refractivity contribution in [1.82, 2.24) is 0 Å². The van der Waals surface area contributed by atoms with Crippen molar-refractivity contribution in [3.8, 4) is 23.0 Å². The summed E-state index contributed by atoms with van der Waals surface area (Å²) >= 11 is 0. The lowest BCUT2D eigenvalue weighted by atomic mass is 9.34. The fourth-order valence-electron chi connectivity index (χ4n) is 6.98. The minimum atomic E-state index is 0.0257. The Morgan fingerprint density at radius 2 is 0.900 bits per heavy atom. The number of ether oxygens (including phenoxy) is 2. The second-order valence-corrected chi connectivity index (χ2v) is 11.4. The molecule has 0 spiro atoms. The second-order valence-electron chi connectivity index (χ2n) is 11.4. The highest BCUT2D eigenvalue weighted by Gasteiger charge is 2.37. The fraction of sp³-hybridized carbons (Fsp3) is 0.167. The van der Waals surface area contributed by atoms with E-state index in [2.05, 4.69) is 107 Å². The van der Waals surface area contributed by atoms with E-state index in [0.29, 0.717) is 0 Å². The molecule has 0 atom stereocenters. The number of hydrogen-bond acceptors (Lipinski definition) is 3. The first-order valence-electron chi connectivity index (χ1n) is 14.0. The maximum absolute atomic E-state index is 6.64. The number of hydrogen-bond donors (Lipinski definition) is 0. The van der Waals surface area contributed by atoms with Crippen molar-refractivity contribution in [2.45, 2.75) is 41.5 Å². The van der Waals surface area contributed by atoms with Gasteiger partial charge in [-0.1, -0.05) is 98.3 Å². The Bertz CT molecular complexity index is 1670. The van der Waals surface area contributed by atoms with E-state index in [1.807, 2.05) is 24.3 Å². The minimum absolute atomic E-state index is 0.0257. The fourth-order valence-corrected chi connectivity index (χ4v) is 6.98. The molecule has 0 N–H and O–H groups in total. The predicted octanol–water partition coefficient (Wildman–Crippen LogP) is 7.73. The number of fused-ring (bicyclic) bond motifs is 4. The van der Waals surface area contributed by atoms with Gasteiger partial charge in [0.15, 0.2) is 23.0 Å². The molecule has 0 saturated heterocycles. The third-order valence-electron chi connectivity index (χ3n) is 8.32. The number of aryl methyl sites for hydroxylation is 6. The molecule has 5 aromatic rings. The molecule has 2 aliphatic heterocycles. The van der Waals surface area contributed by atoms with Crippen LogP contribution in [0.5, 0.6) is 23.0 Å². The molecular weight excluding hydrogens is 489 g/mol. The average Bonchev–Trinajstić information content (AvgIpc) is 2.90. The van der Waals surface area contributed by atoms with E-state index in [0.717, 1.165) is 45.5 Å². The molecule has 5 aromatic carbocycles. The third kappa shape index (κ3) is 3.74. The summed E-state index contributed by atoms with van der Waals surface area (Å²) in [5, 5.41) is 0. The Balaban J connectivity index is 1.52. The molecule has 7 rings (SSSR count). The Morgan fingerprint density at radius 1 is 0.500 bits per heavy atom. The number of rotatable bonds is 3. The van der Waals surface area contributed by atoms with E-state index in [4.69, 9.17) is 9.47 Å². The van der Waals surface area contributed by atoms with Gasteiger partial charge in [-0.25, -0.2) is 0 Å². The van der Waals surface area contributed by atoms with Crippen molar-refractivity contribution in [2.24, 2.45) is 0 Å². The van der Waals surface area contributed by atoms with Gasteiger partial charge in [0, 0.05) is 0 Å². The lowest BCUT2D eigenvalue weighted by Crippen LogP contribution is -2.56. The van der Waals surface area contributed by atoms with Gasteiger partial charge < -0.3 is 9.47 Å². The zero-order valence-electron chi connectivity index (χ0n) is 23.9. The van der Waals surface area contributed by atoms with Gasteiger partial charge in [-0.15, -0.1) is 0 Å². The number of para-hydroxylation sites is 4. The van der Waals surface area contributed by atoms with E-state index in [-0.39, 0.29) is 6.71 Å². The van der Waals surface area contributed by atoms with Crippen LogP contribution in [0.1, 0.15) is 33.4 Å². The monoisotopic (exact) mass is 521 g/mol. The largest absolute Gasteiger partial charge is 0.453 e. The topological polar surface area (TPSA) is 21.7 Å². The lowest BCUT2D eigenvalue weighted by Gasteiger charge is -2.38. The van der Waals surface area contributed by atoms with Crippen LogP contribution in [-0.4, -0.2) is 6.71 Å². The summed E-state index contributed by atoms with van der Waals surface area (Å²) in [4.78, 5) is 2.28. The van der Waals surface area contributed by atoms with Gasteiger partial charge in [0.2, 0.25) is 6.71 Å². The first-order valence-corrected chi connectivity index (χ1v) is 14.0. The van der Waals surface area contributed by atoms with Crippen molar-refractivity contribution in [1.29, 1.82) is 0 Å². The first-order chi connectivity index (χ1) is 19.3. The molecule has 40 heavy (non-hydrogen) atoms. The maximum atomic E-state index is 6.64. The summed E-state index contributed by atoms with van der Waals surface area (Å²) in [6, 6.07) is 30.2. The van der Waals surface area contributed by atoms with Gasteiger partial charge in [0.1, 0.15) is 5.69 Å². The molecule has 0 aromatic heterocycles. The summed E-state index contributed by atoms with van der Waals surface area (Å²) in [6.07, 6.45) is 0. The molecule has 0 bridgehead atoms. The van der Waals surface area contributed by atoms with Crippen LogP contribution in [0.2, 0.25) is 0 Å². The summed E-state index contributed by atoms with van der Waals surface area (Å²) < 4.78 is 13.3. The Morgan fingerprint density at radius 3 is 1.32 bits per heavy atom. The number of anilines is 3. The SMILES string of the molecule is Cc1cc(C)c(B(c2cc3c4c(c2)Oc2ccccc2N4c2ccccc2O3)c2c(C)cc(C)cc2C)c(C)c1. The average molecular weight is 521 g/mol. The number of benzene rings is 5. The minimum Gasteiger partial charge on any atom is -0.453 e. The van der Waals surface area contributed by atoms with Crippen molar-refractivity contribution in [3.63, 3.8) is 0 Å². The van der Waals surface area contributed by atoms with Crippen molar-refractivity contribution >= 4 is 40.2 Å². The van der Waals surface area contributed by atoms with Gasteiger partial charge in [-0.3, -0.25) is 4.90 Å². The zero-order valence-corrected chi connectivity index (χ0v) is 23.9. The van der Waals surface area contributed by atoms with Crippen LogP contribution in [0, 0.1) is 41.5 Å². The summed E-state index contributed by atoms with van der Waals surface area (Å²) in [5.41, 5.74) is 14.6. The molecular formula is C36H32BNO2. The van der Waals surface area contributed by atoms with Gasteiger partial charge >= 0.3 is 0 Å². The van der Waals surface area contributed by atoms with Crippen LogP contribution in [0.3, 0.4) is 0 Å². The van der Waals surface area contributed by atoms with E-state index < -0.39 is 0 Å². The molecule has 2 aliphatic rings. The van der Waals surface area contributed by atoms with Crippen LogP contribution in [0.25, 0.3) is 0 Å². The normalized spacial score (nSPS) is 12.6. The van der Waals surface area contributed by atoms with Crippen molar-refractivity contribution in [2.75, 3.05) is 4.90 Å². The highest BCUT2D eigenvalue weighted by molar-refractivity contribution is 6.96. The maximum Gasteiger partial charge on any atom is 0.242 e. The molecule has 0 saturated carbocycles. The predicted molar refractivity (Wildman–Crippen MR) is 167 cm³/mol. The number of nitrogens with zero attached hydrogens (tertiary/aromatic N) is 1. The molecule has 3 nitrogen and oxygen atoms in total. The Hall–Kier alpha value is -4.44. The summed E-state index contributed by atoms with van der Waals surface area (Å²) in [7, 11) is 0. The molecule has 0 fully saturated rings. The quantitative estimate of drug-likeness (QED) is 0.222. The molecule has 0 radical (unpaired) electrons. The second kappa shape index (κ2) is 9.06. The van der Waals surface area contributed by atoms with Crippen LogP contribution < -0.4 is 30.8 Å². The Kier molecular flexibility index (Phi) is 5.57. The molecule has 196 valence electrons. The zero-order chi connectivity index (χ0) is 27.7. The van der Waals surface area contributed by atoms with Crippen molar-refractivity contribution in [3.05, 3.63) is 118 Å². The lowest BCUT2D eigenvalue weighted by molar-refractivity contribution is 0.446. The smallest absolute Gasteiger partial charge is 0.242 e. The van der Waals surface area contributed by atoms with E-state index >= 15 is 0 Å². The van der Waals surface area contributed by atoms with Crippen LogP contribution >= 0.6 is 0 Å². The van der Waals surface area contributed by atoms with Crippen LogP contribution in [0.4, 0.5) is 17.1 Å². The van der Waals surface area contributed by atoms with Gasteiger partial charge in [-0.2, -0.15) is 0 Å². The van der Waals surface area contributed by atoms with Crippen LogP contribution in [0.15, 0.2) is 84.9 Å². The van der Waals surface area contributed by atoms with Gasteiger partial charge in [-0.05, 0) is 77.9 Å². The van der Waals surface area contributed by atoms with Gasteiger partial charge in [0.25, 0.3) is 0 Å². The van der Waals surface area contributed by atoms with E-state index in [1.165, 1.54) is 44.3 Å². The van der Waals surface area contributed by atoms with E-state index in [1.54, 1.807) is 0 Å². The molecule has 2 heterocycles. The first kappa shape index (κ1) is 24.6. The molecule has 0 aliphatic carbocycles. The van der Waals surface area contributed by atoms with Crippen LogP contribution in [-0.2, 0) is 0 Å². The standard InChI is InChI=1S/C36H32BNO2/c1-21-15-23(3)34(24(4)16-21)37(35-25(5)17-22(2)18-26(35)6)27-19-32-36-33(20-27)40-31-14-10-8-12-29(31)38(36)28-11-7-9-13-30(28)39-32/h7-20H,1-6H3. The summed E-state index contributed by atoms with van der Waals surface area (Å²) in [6.45, 7) is 13.3. The van der Waals surface area contributed by atoms with E-state index in [9.17, 15) is 0 Å². The summed E-state index contributed by atoms with van der Waals surface area (Å²) in [5.74, 6) is 3.32.